The smallest absolute Gasteiger partial charge is 0.489 e. The summed E-state index contributed by atoms with van der Waals surface area (Å²) in [7, 11) is 1.26. The Balaban J connectivity index is 0.000000537. The number of ether oxygens (including phenoxy) is 2. The molecular weight excluding hydrogens is 609 g/mol. The van der Waals surface area contributed by atoms with Gasteiger partial charge < -0.3 is 24.7 Å². The zero-order valence-corrected chi connectivity index (χ0v) is 23.9. The summed E-state index contributed by atoms with van der Waals surface area (Å²) in [5.74, 6) is -2.34. The van der Waals surface area contributed by atoms with Gasteiger partial charge in [0.1, 0.15) is 12.4 Å². The molecule has 1 atom stereocenters. The van der Waals surface area contributed by atoms with E-state index in [9.17, 15) is 27.9 Å². The lowest BCUT2D eigenvalue weighted by Crippen LogP contribution is -2.45. The number of H-pyrrole nitrogens is 1. The molecule has 0 radical (unpaired) electrons. The summed E-state index contributed by atoms with van der Waals surface area (Å²) in [4.78, 5) is 43.0. The minimum absolute atomic E-state index is 0.198. The van der Waals surface area contributed by atoms with Crippen LogP contribution >= 0.6 is 0 Å². The summed E-state index contributed by atoms with van der Waals surface area (Å²) in [6.45, 7) is 0.362. The maximum atomic E-state index is 13.7. The minimum Gasteiger partial charge on any atom is -0.489 e. The van der Waals surface area contributed by atoms with Gasteiger partial charge in [0.25, 0.3) is 5.91 Å². The Morgan fingerprint density at radius 2 is 1.67 bits per heavy atom. The molecule has 6 rings (SSSR count). The Kier molecular flexibility index (Phi) is 8.65. The van der Waals surface area contributed by atoms with Crippen molar-refractivity contribution in [3.05, 3.63) is 119 Å². The second-order valence-electron chi connectivity index (χ2n) is 9.87. The van der Waals surface area contributed by atoms with Crippen LogP contribution in [0.2, 0.25) is 0 Å². The molecular formula is C32H25F3N4O7. The highest BCUT2D eigenvalue weighted by Crippen LogP contribution is 2.46. The van der Waals surface area contributed by atoms with Crippen LogP contribution in [-0.4, -0.2) is 51.4 Å². The lowest BCUT2D eigenvalue weighted by atomic mass is 9.93. The molecule has 0 fully saturated rings. The van der Waals surface area contributed by atoms with E-state index in [1.54, 1.807) is 60.7 Å². The van der Waals surface area contributed by atoms with E-state index in [1.165, 1.54) is 12.0 Å². The Hall–Kier alpha value is -5.89. The number of hydrogen-bond donors (Lipinski definition) is 4. The molecule has 2 amide bonds. The van der Waals surface area contributed by atoms with Crippen LogP contribution in [0, 0.1) is 0 Å². The molecule has 14 heteroatoms. The Labute approximate surface area is 258 Å². The summed E-state index contributed by atoms with van der Waals surface area (Å²) >= 11 is 0. The van der Waals surface area contributed by atoms with Gasteiger partial charge in [0, 0.05) is 22.8 Å². The normalized spacial score (nSPS) is 15.5. The van der Waals surface area contributed by atoms with Crippen molar-refractivity contribution in [2.24, 2.45) is 0 Å². The number of methoxy groups -OCH3 is 1. The first-order chi connectivity index (χ1) is 21.9. The highest BCUT2D eigenvalue weighted by molar-refractivity contribution is 6.12. The van der Waals surface area contributed by atoms with Crippen LogP contribution in [0.4, 0.5) is 29.6 Å². The van der Waals surface area contributed by atoms with Gasteiger partial charge in [-0.1, -0.05) is 60.7 Å². The van der Waals surface area contributed by atoms with Gasteiger partial charge in [0.15, 0.2) is 5.72 Å². The Morgan fingerprint density at radius 1 is 0.978 bits per heavy atom. The molecule has 4 N–H and O–H groups in total. The van der Waals surface area contributed by atoms with Crippen LogP contribution in [0.1, 0.15) is 27.0 Å². The van der Waals surface area contributed by atoms with Gasteiger partial charge in [-0.3, -0.25) is 15.0 Å². The molecule has 46 heavy (non-hydrogen) atoms. The first-order valence-electron chi connectivity index (χ1n) is 13.5. The molecule has 0 spiro atoms. The Morgan fingerprint density at radius 3 is 2.37 bits per heavy atom. The molecule has 2 heterocycles. The molecule has 0 saturated carbocycles. The van der Waals surface area contributed by atoms with Gasteiger partial charge in [-0.15, -0.1) is 0 Å². The number of carboxylic acid groups (broad SMARTS) is 1. The number of nitrogens with one attached hydrogen (secondary N) is 2. The molecule has 1 unspecified atom stereocenters. The van der Waals surface area contributed by atoms with Crippen LogP contribution in [0.25, 0.3) is 11.0 Å². The van der Waals surface area contributed by atoms with E-state index in [1.807, 2.05) is 36.4 Å². The number of aromatic nitrogens is 2. The van der Waals surface area contributed by atoms with Gasteiger partial charge in [0.05, 0.1) is 23.8 Å². The lowest BCUT2D eigenvalue weighted by Gasteiger charge is -2.35. The molecule has 0 bridgehead atoms. The monoisotopic (exact) mass is 634 g/mol. The summed E-state index contributed by atoms with van der Waals surface area (Å²) in [5.41, 5.74) is 2.09. The maximum absolute atomic E-state index is 13.7. The molecule has 1 aromatic heterocycles. The van der Waals surface area contributed by atoms with E-state index in [-0.39, 0.29) is 11.9 Å². The summed E-state index contributed by atoms with van der Waals surface area (Å²) in [5, 5.41) is 22.0. The van der Waals surface area contributed by atoms with E-state index >= 15 is 0 Å². The largest absolute Gasteiger partial charge is 0.490 e. The number of rotatable bonds is 6. The average Bonchev–Trinajstić information content (AvgIpc) is 3.55. The van der Waals surface area contributed by atoms with Gasteiger partial charge in [0.2, 0.25) is 5.95 Å². The van der Waals surface area contributed by atoms with Crippen molar-refractivity contribution in [2.45, 2.75) is 18.5 Å². The number of aliphatic hydroxyl groups is 1. The number of hydrogen-bond acceptors (Lipinski definition) is 7. The highest BCUT2D eigenvalue weighted by Gasteiger charge is 2.50. The molecule has 1 aliphatic heterocycles. The number of alkyl halides is 3. The number of halogens is 3. The number of amides is 2. The third-order valence-electron chi connectivity index (χ3n) is 6.92. The molecule has 4 aromatic carbocycles. The maximum Gasteiger partial charge on any atom is 0.490 e. The van der Waals surface area contributed by atoms with E-state index in [0.29, 0.717) is 45.8 Å². The van der Waals surface area contributed by atoms with Gasteiger partial charge in [-0.25, -0.2) is 14.6 Å². The van der Waals surface area contributed by atoms with Crippen molar-refractivity contribution in [3.63, 3.8) is 0 Å². The summed E-state index contributed by atoms with van der Waals surface area (Å²) in [6, 6.07) is 29.0. The number of benzene rings is 4. The molecule has 11 nitrogen and oxygen atoms in total. The van der Waals surface area contributed by atoms with Crippen molar-refractivity contribution in [1.29, 1.82) is 0 Å². The fourth-order valence-corrected chi connectivity index (χ4v) is 4.84. The van der Waals surface area contributed by atoms with E-state index in [4.69, 9.17) is 14.6 Å². The van der Waals surface area contributed by atoms with Crippen molar-refractivity contribution >= 4 is 40.6 Å². The van der Waals surface area contributed by atoms with E-state index in [2.05, 4.69) is 20.0 Å². The van der Waals surface area contributed by atoms with Gasteiger partial charge in [-0.05, 0) is 35.9 Å². The molecule has 1 aliphatic rings. The third-order valence-corrected chi connectivity index (χ3v) is 6.92. The number of carbonyl (C=O) groups excluding carboxylic acids is 2. The van der Waals surface area contributed by atoms with Gasteiger partial charge in [-0.2, -0.15) is 13.2 Å². The number of imidazole rings is 1. The first kappa shape index (κ1) is 31.5. The minimum atomic E-state index is -5.08. The SMILES string of the molecule is COC(=O)Nc1nc2ccc(C3(O)c4ccccc4C(=O)N3c3cccc(OCc4ccccc4)c3)cc2[nH]1.O=C(O)C(F)(F)F. The number of aliphatic carboxylic acids is 1. The van der Waals surface area contributed by atoms with Crippen molar-refractivity contribution in [1.82, 2.24) is 9.97 Å². The third kappa shape index (κ3) is 6.32. The quantitative estimate of drug-likeness (QED) is 0.183. The molecule has 0 aliphatic carbocycles. The van der Waals surface area contributed by atoms with Gasteiger partial charge >= 0.3 is 18.2 Å². The zero-order chi connectivity index (χ0) is 33.1. The van der Waals surface area contributed by atoms with Crippen LogP contribution in [-0.2, 0) is 21.9 Å². The first-order valence-corrected chi connectivity index (χ1v) is 13.5. The highest BCUT2D eigenvalue weighted by atomic mass is 19.4. The van der Waals surface area contributed by atoms with E-state index in [0.717, 1.165) is 5.56 Å². The number of anilines is 2. The standard InChI is InChI=1S/C30H24N4O5.C2HF3O2/c1-38-29(36)33-28-31-25-15-14-20(16-26(25)32-28)30(37)24-13-6-5-12-23(24)27(35)34(30)21-10-7-11-22(17-21)39-18-19-8-3-2-4-9-19;3-2(4,5)1(6)7/h2-17,37H,18H2,1H3,(H2,31,32,33,36);(H,6,7). The predicted molar refractivity (Wildman–Crippen MR) is 159 cm³/mol. The second-order valence-corrected chi connectivity index (χ2v) is 9.87. The van der Waals surface area contributed by atoms with Crippen LogP contribution < -0.4 is 15.0 Å². The predicted octanol–water partition coefficient (Wildman–Crippen LogP) is 5.81. The fraction of sp³-hybridized carbons (Fsp3) is 0.125. The molecule has 0 saturated heterocycles. The second kappa shape index (κ2) is 12.6. The van der Waals surface area contributed by atoms with Crippen molar-refractivity contribution in [3.8, 4) is 5.75 Å². The number of aromatic amines is 1. The van der Waals surface area contributed by atoms with E-state index < -0.39 is 24.0 Å². The summed E-state index contributed by atoms with van der Waals surface area (Å²) < 4.78 is 42.4. The average molecular weight is 635 g/mol. The number of carbonyl (C=O) groups is 3. The number of fused-ring (bicyclic) bond motifs is 2. The number of nitrogens with zero attached hydrogens (tertiary/aromatic N) is 2. The number of carboxylic acids is 1. The van der Waals surface area contributed by atoms with Crippen LogP contribution in [0.15, 0.2) is 97.1 Å². The van der Waals surface area contributed by atoms with Crippen LogP contribution in [0.3, 0.4) is 0 Å². The van der Waals surface area contributed by atoms with Crippen molar-refractivity contribution in [2.75, 3.05) is 17.3 Å². The summed E-state index contributed by atoms with van der Waals surface area (Å²) in [6.07, 6.45) is -5.75. The van der Waals surface area contributed by atoms with Crippen LogP contribution in [0.5, 0.6) is 5.75 Å². The lowest BCUT2D eigenvalue weighted by molar-refractivity contribution is -0.192. The Bertz CT molecular complexity index is 1910. The molecule has 5 aromatic rings. The fourth-order valence-electron chi connectivity index (χ4n) is 4.84. The topological polar surface area (TPSA) is 154 Å². The molecule has 236 valence electrons. The van der Waals surface area contributed by atoms with Crippen molar-refractivity contribution < 1.29 is 47.2 Å². The zero-order valence-electron chi connectivity index (χ0n) is 23.9.